The van der Waals surface area contributed by atoms with E-state index in [1.807, 2.05) is 0 Å². The largest absolute Gasteiger partial charge is 0.388 e. The maximum atomic E-state index is 7.33. The highest BCUT2D eigenvalue weighted by Crippen LogP contribution is 2.39. The van der Waals surface area contributed by atoms with Crippen molar-refractivity contribution in [3.05, 3.63) is 5.82 Å². The van der Waals surface area contributed by atoms with E-state index >= 15 is 0 Å². The van der Waals surface area contributed by atoms with E-state index in [0.717, 1.165) is 24.0 Å². The van der Waals surface area contributed by atoms with Gasteiger partial charge in [0.15, 0.2) is 0 Å². The van der Waals surface area contributed by atoms with E-state index in [1.165, 1.54) is 24.4 Å². The number of nitrogens with zero attached hydrogens (tertiary/aromatic N) is 3. The van der Waals surface area contributed by atoms with Gasteiger partial charge in [0, 0.05) is 37.0 Å². The molecule has 2 rings (SSSR count). The first-order valence-corrected chi connectivity index (χ1v) is 7.25. The molecule has 0 saturated heterocycles. The summed E-state index contributed by atoms with van der Waals surface area (Å²) in [7, 11) is 0. The number of amidine groups is 1. The average Bonchev–Trinajstić information content (AvgIpc) is 3.02. The zero-order valence-corrected chi connectivity index (χ0v) is 11.8. The normalized spacial score (nSPS) is 15.1. The summed E-state index contributed by atoms with van der Waals surface area (Å²) >= 11 is 1.47. The summed E-state index contributed by atoms with van der Waals surface area (Å²) < 4.78 is 4.44. The van der Waals surface area contributed by atoms with Crippen LogP contribution in [-0.4, -0.2) is 28.3 Å². The number of hydrogen-bond donors (Lipinski definition) is 2. The molecule has 100 valence electrons. The van der Waals surface area contributed by atoms with Gasteiger partial charge in [0.05, 0.1) is 5.84 Å². The highest BCUT2D eigenvalue weighted by atomic mass is 32.1. The van der Waals surface area contributed by atoms with Gasteiger partial charge in [-0.05, 0) is 18.8 Å². The van der Waals surface area contributed by atoms with Crippen LogP contribution in [0.2, 0.25) is 0 Å². The van der Waals surface area contributed by atoms with Crippen molar-refractivity contribution in [1.29, 1.82) is 5.41 Å². The molecule has 0 bridgehead atoms. The minimum absolute atomic E-state index is 0.232. The number of anilines is 1. The maximum absolute atomic E-state index is 7.33. The molecule has 0 radical (unpaired) electrons. The summed E-state index contributed by atoms with van der Waals surface area (Å²) in [5.41, 5.74) is 5.44. The van der Waals surface area contributed by atoms with Gasteiger partial charge in [-0.3, -0.25) is 5.41 Å². The second kappa shape index (κ2) is 5.65. The van der Waals surface area contributed by atoms with Gasteiger partial charge in [-0.2, -0.15) is 4.37 Å². The summed E-state index contributed by atoms with van der Waals surface area (Å²) in [6.45, 7) is 6.06. The average molecular weight is 267 g/mol. The van der Waals surface area contributed by atoms with Crippen LogP contribution in [0.3, 0.4) is 0 Å². The van der Waals surface area contributed by atoms with Crippen molar-refractivity contribution >= 4 is 22.5 Å². The molecule has 0 aliphatic heterocycles. The lowest BCUT2D eigenvalue weighted by atomic mass is 10.2. The molecule has 1 aliphatic carbocycles. The van der Waals surface area contributed by atoms with Crippen LogP contribution in [-0.2, 0) is 0 Å². The summed E-state index contributed by atoms with van der Waals surface area (Å²) in [6.07, 6.45) is 3.05. The Morgan fingerprint density at radius 2 is 2.28 bits per heavy atom. The minimum Gasteiger partial charge on any atom is -0.388 e. The monoisotopic (exact) mass is 267 g/mol. The molecular weight excluding hydrogens is 246 g/mol. The number of aromatic nitrogens is 2. The fourth-order valence-corrected chi connectivity index (χ4v) is 2.60. The van der Waals surface area contributed by atoms with Gasteiger partial charge in [-0.15, -0.1) is 0 Å². The van der Waals surface area contributed by atoms with E-state index in [0.29, 0.717) is 18.3 Å². The Bertz CT molecular complexity index is 410. The van der Waals surface area contributed by atoms with Crippen molar-refractivity contribution in [3.8, 4) is 0 Å². The third-order valence-electron chi connectivity index (χ3n) is 2.88. The third-order valence-corrected chi connectivity index (χ3v) is 3.67. The summed E-state index contributed by atoms with van der Waals surface area (Å²) in [5.74, 6) is 2.40. The van der Waals surface area contributed by atoms with E-state index in [-0.39, 0.29) is 5.84 Å². The van der Waals surface area contributed by atoms with E-state index < -0.39 is 0 Å². The summed E-state index contributed by atoms with van der Waals surface area (Å²) in [4.78, 5) is 6.83. The minimum atomic E-state index is 0.232. The molecule has 18 heavy (non-hydrogen) atoms. The lowest BCUT2D eigenvalue weighted by Crippen LogP contribution is -2.31. The van der Waals surface area contributed by atoms with Crippen LogP contribution in [0.1, 0.15) is 44.9 Å². The van der Waals surface area contributed by atoms with Gasteiger partial charge in [-0.1, -0.05) is 13.8 Å². The topological polar surface area (TPSA) is 78.9 Å². The fraction of sp³-hybridized carbons (Fsp3) is 0.750. The number of nitrogens with one attached hydrogen (secondary N) is 1. The molecule has 1 fully saturated rings. The SMILES string of the molecule is CC(C)CN(CCC(=N)N)c1nc(C2CC2)ns1. The van der Waals surface area contributed by atoms with Gasteiger partial charge in [0.2, 0.25) is 5.13 Å². The highest BCUT2D eigenvalue weighted by Gasteiger charge is 2.28. The lowest BCUT2D eigenvalue weighted by Gasteiger charge is -2.23. The van der Waals surface area contributed by atoms with Crippen LogP contribution >= 0.6 is 11.5 Å². The van der Waals surface area contributed by atoms with Crippen molar-refractivity contribution in [2.45, 2.75) is 39.0 Å². The molecule has 1 aromatic rings. The van der Waals surface area contributed by atoms with E-state index in [9.17, 15) is 0 Å². The molecule has 0 aromatic carbocycles. The Balaban J connectivity index is 2.02. The molecule has 0 amide bonds. The molecule has 1 saturated carbocycles. The van der Waals surface area contributed by atoms with Crippen molar-refractivity contribution < 1.29 is 0 Å². The standard InChI is InChI=1S/C12H21N5S/c1-8(2)7-17(6-5-10(13)14)12-15-11(16-18-12)9-3-4-9/h8-9H,3-7H2,1-2H3,(H3,13,14). The Morgan fingerprint density at radius 3 is 2.83 bits per heavy atom. The molecule has 1 aliphatic rings. The predicted octanol–water partition coefficient (Wildman–Crippen LogP) is 2.20. The fourth-order valence-electron chi connectivity index (χ4n) is 1.82. The smallest absolute Gasteiger partial charge is 0.205 e. The molecule has 3 N–H and O–H groups in total. The van der Waals surface area contributed by atoms with Crippen molar-refractivity contribution in [1.82, 2.24) is 9.36 Å². The van der Waals surface area contributed by atoms with E-state index in [4.69, 9.17) is 11.1 Å². The van der Waals surface area contributed by atoms with Gasteiger partial charge in [0.25, 0.3) is 0 Å². The highest BCUT2D eigenvalue weighted by molar-refractivity contribution is 7.09. The lowest BCUT2D eigenvalue weighted by molar-refractivity contribution is 0.611. The zero-order chi connectivity index (χ0) is 13.1. The third kappa shape index (κ3) is 3.66. The quantitative estimate of drug-likeness (QED) is 0.586. The summed E-state index contributed by atoms with van der Waals surface area (Å²) in [5, 5.41) is 8.31. The Morgan fingerprint density at radius 1 is 1.56 bits per heavy atom. The second-order valence-corrected chi connectivity index (χ2v) is 6.05. The van der Waals surface area contributed by atoms with Gasteiger partial charge >= 0.3 is 0 Å². The van der Waals surface area contributed by atoms with Crippen molar-refractivity contribution in [2.24, 2.45) is 11.7 Å². The first-order chi connectivity index (χ1) is 8.56. The van der Waals surface area contributed by atoms with Gasteiger partial charge in [0.1, 0.15) is 5.82 Å². The van der Waals surface area contributed by atoms with Crippen LogP contribution in [0, 0.1) is 11.3 Å². The number of hydrogen-bond acceptors (Lipinski definition) is 5. The van der Waals surface area contributed by atoms with Crippen molar-refractivity contribution in [3.63, 3.8) is 0 Å². The zero-order valence-electron chi connectivity index (χ0n) is 11.0. The van der Waals surface area contributed by atoms with Gasteiger partial charge in [-0.25, -0.2) is 4.98 Å². The Hall–Kier alpha value is -1.17. The van der Waals surface area contributed by atoms with E-state index in [1.54, 1.807) is 0 Å². The molecule has 0 atom stereocenters. The Labute approximate surface area is 112 Å². The number of rotatable bonds is 7. The van der Waals surface area contributed by atoms with Crippen LogP contribution < -0.4 is 10.6 Å². The van der Waals surface area contributed by atoms with Crippen molar-refractivity contribution in [2.75, 3.05) is 18.0 Å². The van der Waals surface area contributed by atoms with Crippen LogP contribution in [0.4, 0.5) is 5.13 Å². The molecule has 5 nitrogen and oxygen atoms in total. The van der Waals surface area contributed by atoms with Gasteiger partial charge < -0.3 is 10.6 Å². The summed E-state index contributed by atoms with van der Waals surface area (Å²) in [6, 6.07) is 0. The van der Waals surface area contributed by atoms with Crippen LogP contribution in [0.5, 0.6) is 0 Å². The molecule has 1 aromatic heterocycles. The first-order valence-electron chi connectivity index (χ1n) is 6.47. The first kappa shape index (κ1) is 13.3. The maximum Gasteiger partial charge on any atom is 0.205 e. The predicted molar refractivity (Wildman–Crippen MR) is 75.5 cm³/mol. The van der Waals surface area contributed by atoms with Crippen LogP contribution in [0.15, 0.2) is 0 Å². The molecule has 6 heteroatoms. The molecule has 0 spiro atoms. The molecule has 1 heterocycles. The van der Waals surface area contributed by atoms with Crippen LogP contribution in [0.25, 0.3) is 0 Å². The number of nitrogens with two attached hydrogens (primary N) is 1. The second-order valence-electron chi connectivity index (χ2n) is 5.32. The molecular formula is C12H21N5S. The van der Waals surface area contributed by atoms with E-state index in [2.05, 4.69) is 28.1 Å². The molecule has 0 unspecified atom stereocenters. The Kier molecular flexibility index (Phi) is 4.16.